The van der Waals surface area contributed by atoms with Crippen molar-refractivity contribution in [3.63, 3.8) is 0 Å². The predicted octanol–water partition coefficient (Wildman–Crippen LogP) is 2.91. The van der Waals surface area contributed by atoms with Gasteiger partial charge in [0.15, 0.2) is 0 Å². The first-order chi connectivity index (χ1) is 6.80. The lowest BCUT2D eigenvalue weighted by Gasteiger charge is -2.15. The van der Waals surface area contributed by atoms with Crippen LogP contribution in [0.1, 0.15) is 5.56 Å². The van der Waals surface area contributed by atoms with E-state index in [1.54, 1.807) is 0 Å². The van der Waals surface area contributed by atoms with Gasteiger partial charge in [-0.05, 0) is 30.2 Å². The maximum Gasteiger partial charge on any atom is 0.403 e. The monoisotopic (exact) mass is 241 g/mol. The second-order valence-electron chi connectivity index (χ2n) is 3.09. The molecule has 0 aromatic heterocycles. The lowest BCUT2D eigenvalue weighted by Crippen LogP contribution is -2.39. The molecule has 0 spiro atoms. The third-order valence-electron chi connectivity index (χ3n) is 1.87. The van der Waals surface area contributed by atoms with Gasteiger partial charge >= 0.3 is 6.18 Å². The second-order valence-corrected chi connectivity index (χ2v) is 3.52. The molecule has 1 aromatic carbocycles. The topological polar surface area (TPSA) is 26.0 Å². The molecule has 0 aliphatic carbocycles. The first kappa shape index (κ1) is 12.3. The molecule has 1 unspecified atom stereocenters. The van der Waals surface area contributed by atoms with Crippen molar-refractivity contribution < 1.29 is 17.6 Å². The van der Waals surface area contributed by atoms with Crippen molar-refractivity contribution in [2.45, 2.75) is 18.6 Å². The van der Waals surface area contributed by atoms with Crippen LogP contribution < -0.4 is 5.73 Å². The molecule has 1 nitrogen and oxygen atoms in total. The Labute approximate surface area is 88.8 Å². The number of hydrogen-bond acceptors (Lipinski definition) is 1. The van der Waals surface area contributed by atoms with Crippen LogP contribution in [-0.2, 0) is 6.42 Å². The summed E-state index contributed by atoms with van der Waals surface area (Å²) in [5.74, 6) is -0.737. The molecule has 0 fully saturated rings. The van der Waals surface area contributed by atoms with Gasteiger partial charge in [-0.2, -0.15) is 13.2 Å². The molecule has 0 saturated carbocycles. The molecular weight excluding hydrogens is 234 g/mol. The zero-order chi connectivity index (χ0) is 11.6. The van der Waals surface area contributed by atoms with Crippen LogP contribution in [0.4, 0.5) is 17.6 Å². The van der Waals surface area contributed by atoms with E-state index < -0.39 is 24.5 Å². The zero-order valence-corrected chi connectivity index (χ0v) is 8.24. The largest absolute Gasteiger partial charge is 0.403 e. The van der Waals surface area contributed by atoms with Crippen LogP contribution in [-0.4, -0.2) is 12.2 Å². The Hall–Kier alpha value is -0.810. The summed E-state index contributed by atoms with van der Waals surface area (Å²) >= 11 is 5.53. The van der Waals surface area contributed by atoms with Crippen LogP contribution in [0.5, 0.6) is 0 Å². The Morgan fingerprint density at radius 2 is 1.93 bits per heavy atom. The summed E-state index contributed by atoms with van der Waals surface area (Å²) in [4.78, 5) is 0. The Balaban J connectivity index is 2.85. The lowest BCUT2D eigenvalue weighted by molar-refractivity contribution is -0.147. The minimum atomic E-state index is -4.53. The standard InChI is InChI=1S/C9H8ClF4N/c10-6-1-2-7(11)5(3-6)4-8(15)9(12,13)14/h1-3,8H,4,15H2. The van der Waals surface area contributed by atoms with Crippen LogP contribution in [0.15, 0.2) is 18.2 Å². The summed E-state index contributed by atoms with van der Waals surface area (Å²) in [5, 5.41) is 0.181. The molecule has 0 radical (unpaired) electrons. The van der Waals surface area contributed by atoms with Gasteiger partial charge in [0.05, 0.1) is 0 Å². The van der Waals surface area contributed by atoms with Gasteiger partial charge in [0.2, 0.25) is 0 Å². The van der Waals surface area contributed by atoms with Crippen molar-refractivity contribution in [3.8, 4) is 0 Å². The van der Waals surface area contributed by atoms with E-state index in [-0.39, 0.29) is 10.6 Å². The maximum absolute atomic E-state index is 13.0. The van der Waals surface area contributed by atoms with Gasteiger partial charge in [0, 0.05) is 5.02 Å². The fourth-order valence-electron chi connectivity index (χ4n) is 1.05. The first-order valence-corrected chi connectivity index (χ1v) is 4.44. The third-order valence-corrected chi connectivity index (χ3v) is 2.10. The maximum atomic E-state index is 13.0. The number of hydrogen-bond donors (Lipinski definition) is 1. The van der Waals surface area contributed by atoms with Crippen molar-refractivity contribution in [2.24, 2.45) is 5.73 Å². The summed E-state index contributed by atoms with van der Waals surface area (Å²) < 4.78 is 49.3. The van der Waals surface area contributed by atoms with Gasteiger partial charge in [0.1, 0.15) is 11.9 Å². The van der Waals surface area contributed by atoms with Crippen molar-refractivity contribution in [1.29, 1.82) is 0 Å². The molecule has 0 saturated heterocycles. The molecular formula is C9H8ClF4N. The van der Waals surface area contributed by atoms with Gasteiger partial charge in [-0.1, -0.05) is 11.6 Å². The van der Waals surface area contributed by atoms with Crippen LogP contribution in [0.25, 0.3) is 0 Å². The van der Waals surface area contributed by atoms with Crippen molar-refractivity contribution in [1.82, 2.24) is 0 Å². The van der Waals surface area contributed by atoms with E-state index in [2.05, 4.69) is 0 Å². The molecule has 0 heterocycles. The SMILES string of the molecule is NC(Cc1cc(Cl)ccc1F)C(F)(F)F. The molecule has 0 aliphatic heterocycles. The Kier molecular flexibility index (Phi) is 3.57. The van der Waals surface area contributed by atoms with Crippen LogP contribution in [0, 0.1) is 5.82 Å². The fourth-order valence-corrected chi connectivity index (χ4v) is 1.25. The van der Waals surface area contributed by atoms with Crippen molar-refractivity contribution in [3.05, 3.63) is 34.6 Å². The molecule has 0 aliphatic rings. The number of halogens is 5. The highest BCUT2D eigenvalue weighted by Crippen LogP contribution is 2.23. The molecule has 1 atom stereocenters. The zero-order valence-electron chi connectivity index (χ0n) is 7.48. The second kappa shape index (κ2) is 4.37. The highest BCUT2D eigenvalue weighted by atomic mass is 35.5. The molecule has 6 heteroatoms. The van der Waals surface area contributed by atoms with Crippen molar-refractivity contribution >= 4 is 11.6 Å². The van der Waals surface area contributed by atoms with E-state index in [9.17, 15) is 17.6 Å². The lowest BCUT2D eigenvalue weighted by atomic mass is 10.1. The Bertz CT molecular complexity index is 350. The molecule has 15 heavy (non-hydrogen) atoms. The molecule has 0 bridgehead atoms. The quantitative estimate of drug-likeness (QED) is 0.792. The van der Waals surface area contributed by atoms with E-state index in [1.165, 1.54) is 6.07 Å². The van der Waals surface area contributed by atoms with E-state index in [0.717, 1.165) is 12.1 Å². The number of rotatable bonds is 2. The van der Waals surface area contributed by atoms with Crippen LogP contribution in [0.2, 0.25) is 5.02 Å². The average Bonchev–Trinajstić information content (AvgIpc) is 2.09. The number of nitrogens with two attached hydrogens (primary N) is 1. The highest BCUT2D eigenvalue weighted by molar-refractivity contribution is 6.30. The smallest absolute Gasteiger partial charge is 0.320 e. The minimum absolute atomic E-state index is 0.132. The molecule has 2 N–H and O–H groups in total. The highest BCUT2D eigenvalue weighted by Gasteiger charge is 2.36. The third kappa shape index (κ3) is 3.35. The fraction of sp³-hybridized carbons (Fsp3) is 0.333. The average molecular weight is 242 g/mol. The predicted molar refractivity (Wildman–Crippen MR) is 49.1 cm³/mol. The van der Waals surface area contributed by atoms with E-state index >= 15 is 0 Å². The van der Waals surface area contributed by atoms with E-state index in [1.807, 2.05) is 0 Å². The first-order valence-electron chi connectivity index (χ1n) is 4.07. The van der Waals surface area contributed by atoms with Crippen molar-refractivity contribution in [2.75, 3.05) is 0 Å². The number of benzene rings is 1. The summed E-state index contributed by atoms with van der Waals surface area (Å²) in [7, 11) is 0. The summed E-state index contributed by atoms with van der Waals surface area (Å²) in [5.41, 5.74) is 4.73. The Morgan fingerprint density at radius 1 is 1.33 bits per heavy atom. The molecule has 84 valence electrons. The van der Waals surface area contributed by atoms with Gasteiger partial charge in [-0.25, -0.2) is 4.39 Å². The Morgan fingerprint density at radius 3 is 2.47 bits per heavy atom. The summed E-state index contributed by atoms with van der Waals surface area (Å²) in [6, 6.07) is 1.34. The van der Waals surface area contributed by atoms with Crippen LogP contribution >= 0.6 is 11.6 Å². The van der Waals surface area contributed by atoms with Gasteiger partial charge < -0.3 is 5.73 Å². The summed E-state index contributed by atoms with van der Waals surface area (Å²) in [6.45, 7) is 0. The summed E-state index contributed by atoms with van der Waals surface area (Å²) in [6.07, 6.45) is -5.15. The van der Waals surface area contributed by atoms with E-state index in [4.69, 9.17) is 17.3 Å². The molecule has 1 rings (SSSR count). The van der Waals surface area contributed by atoms with Gasteiger partial charge in [-0.15, -0.1) is 0 Å². The van der Waals surface area contributed by atoms with Crippen LogP contribution in [0.3, 0.4) is 0 Å². The molecule has 1 aromatic rings. The van der Waals surface area contributed by atoms with Gasteiger partial charge in [-0.3, -0.25) is 0 Å². The minimum Gasteiger partial charge on any atom is -0.320 e. The normalized spacial score (nSPS) is 14.0. The van der Waals surface area contributed by atoms with Gasteiger partial charge in [0.25, 0.3) is 0 Å². The number of alkyl halides is 3. The molecule has 0 amide bonds. The van der Waals surface area contributed by atoms with E-state index in [0.29, 0.717) is 0 Å².